The number of phenolic OH excluding ortho intramolecular Hbond substituents is 1. The molecular formula is C26H29NO2. The number of nitrogens with zero attached hydrogens (tertiary/aromatic N) is 1. The number of rotatable bonds is 7. The van der Waals surface area contributed by atoms with Crippen LogP contribution in [0.4, 0.5) is 0 Å². The van der Waals surface area contributed by atoms with Crippen LogP contribution < -0.4 is 4.74 Å². The van der Waals surface area contributed by atoms with Crippen LogP contribution in [-0.2, 0) is 0 Å². The molecule has 150 valence electrons. The van der Waals surface area contributed by atoms with E-state index in [0.717, 1.165) is 22.4 Å². The number of ether oxygens (including phenoxy) is 1. The molecule has 0 aliphatic rings. The molecule has 0 saturated carbocycles. The first kappa shape index (κ1) is 20.7. The maximum Gasteiger partial charge on any atom is 0.149 e. The minimum Gasteiger partial charge on any atom is -0.507 e. The van der Waals surface area contributed by atoms with Gasteiger partial charge in [-0.15, -0.1) is 0 Å². The highest BCUT2D eigenvalue weighted by molar-refractivity contribution is 5.86. The number of allylic oxidation sites excluding steroid dienone is 1. The topological polar surface area (TPSA) is 32.7 Å². The number of benzene rings is 3. The van der Waals surface area contributed by atoms with Gasteiger partial charge >= 0.3 is 0 Å². The summed E-state index contributed by atoms with van der Waals surface area (Å²) in [6, 6.07) is 26.0. The Morgan fingerprint density at radius 3 is 2.10 bits per heavy atom. The molecule has 0 radical (unpaired) electrons. The van der Waals surface area contributed by atoms with E-state index in [1.54, 1.807) is 6.07 Å². The zero-order chi connectivity index (χ0) is 20.8. The molecule has 0 aliphatic heterocycles. The Morgan fingerprint density at radius 1 is 0.862 bits per heavy atom. The normalized spacial score (nSPS) is 13.9. The van der Waals surface area contributed by atoms with Gasteiger partial charge in [0, 0.05) is 11.5 Å². The molecule has 3 rings (SSSR count). The summed E-state index contributed by atoms with van der Waals surface area (Å²) in [6.07, 6.45) is 2.09. The smallest absolute Gasteiger partial charge is 0.149 e. The molecule has 1 N–H and O–H groups in total. The van der Waals surface area contributed by atoms with Crippen molar-refractivity contribution in [3.63, 3.8) is 0 Å². The highest BCUT2D eigenvalue weighted by Gasteiger charge is 2.15. The lowest BCUT2D eigenvalue weighted by Crippen LogP contribution is -2.30. The van der Waals surface area contributed by atoms with Gasteiger partial charge in [0.05, 0.1) is 0 Å². The molecule has 3 aromatic rings. The molecule has 0 aromatic heterocycles. The highest BCUT2D eigenvalue weighted by Crippen LogP contribution is 2.35. The first-order valence-electron chi connectivity index (χ1n) is 9.93. The van der Waals surface area contributed by atoms with Crippen LogP contribution in [0, 0.1) is 0 Å². The predicted molar refractivity (Wildman–Crippen MR) is 121 cm³/mol. The van der Waals surface area contributed by atoms with Crippen LogP contribution in [0.1, 0.15) is 36.5 Å². The van der Waals surface area contributed by atoms with E-state index in [9.17, 15) is 5.11 Å². The molecule has 0 spiro atoms. The summed E-state index contributed by atoms with van der Waals surface area (Å²) in [6.45, 7) is 4.22. The SMILES string of the molecule is CC(/C(=C\c1ccccc1O)c1ccccc1)c1ccc(OC(C)N(C)C)cc1. The predicted octanol–water partition coefficient (Wildman–Crippen LogP) is 6.02. The van der Waals surface area contributed by atoms with Crippen molar-refractivity contribution < 1.29 is 9.84 Å². The number of phenols is 1. The molecule has 0 saturated heterocycles. The van der Waals surface area contributed by atoms with Crippen LogP contribution in [0.5, 0.6) is 11.5 Å². The third-order valence-corrected chi connectivity index (χ3v) is 5.24. The lowest BCUT2D eigenvalue weighted by atomic mass is 9.87. The minimum atomic E-state index is 0.0131. The van der Waals surface area contributed by atoms with Crippen molar-refractivity contribution in [1.29, 1.82) is 0 Å². The van der Waals surface area contributed by atoms with Crippen molar-refractivity contribution in [1.82, 2.24) is 4.90 Å². The van der Waals surface area contributed by atoms with E-state index >= 15 is 0 Å². The molecule has 2 atom stereocenters. The van der Waals surface area contributed by atoms with Gasteiger partial charge in [-0.05, 0) is 62.0 Å². The fourth-order valence-corrected chi connectivity index (χ4v) is 3.18. The summed E-state index contributed by atoms with van der Waals surface area (Å²) in [7, 11) is 3.99. The molecule has 0 heterocycles. The molecule has 0 aliphatic carbocycles. The molecule has 3 nitrogen and oxygen atoms in total. The molecule has 0 amide bonds. The summed E-state index contributed by atoms with van der Waals surface area (Å²) < 4.78 is 5.95. The lowest BCUT2D eigenvalue weighted by molar-refractivity contribution is 0.0815. The minimum absolute atomic E-state index is 0.0131. The summed E-state index contributed by atoms with van der Waals surface area (Å²) in [5.74, 6) is 1.29. The Hall–Kier alpha value is -3.04. The summed E-state index contributed by atoms with van der Waals surface area (Å²) in [5.41, 5.74) is 4.31. The van der Waals surface area contributed by atoms with E-state index in [4.69, 9.17) is 4.74 Å². The zero-order valence-electron chi connectivity index (χ0n) is 17.5. The van der Waals surface area contributed by atoms with Crippen molar-refractivity contribution in [2.24, 2.45) is 0 Å². The van der Waals surface area contributed by atoms with E-state index < -0.39 is 0 Å². The van der Waals surface area contributed by atoms with Crippen LogP contribution in [0.15, 0.2) is 78.9 Å². The number of para-hydroxylation sites is 1. The van der Waals surface area contributed by atoms with Gasteiger partial charge in [0.25, 0.3) is 0 Å². The first-order chi connectivity index (χ1) is 14.0. The van der Waals surface area contributed by atoms with Crippen LogP contribution in [-0.4, -0.2) is 30.3 Å². The van der Waals surface area contributed by atoms with Gasteiger partial charge in [-0.2, -0.15) is 0 Å². The average molecular weight is 388 g/mol. The van der Waals surface area contributed by atoms with Crippen molar-refractivity contribution >= 4 is 11.6 Å². The lowest BCUT2D eigenvalue weighted by Gasteiger charge is -2.22. The Balaban J connectivity index is 1.93. The van der Waals surface area contributed by atoms with Crippen LogP contribution in [0.25, 0.3) is 11.6 Å². The van der Waals surface area contributed by atoms with Gasteiger partial charge in [-0.1, -0.05) is 67.6 Å². The number of hydrogen-bond donors (Lipinski definition) is 1. The van der Waals surface area contributed by atoms with Crippen molar-refractivity contribution in [2.45, 2.75) is 26.0 Å². The third-order valence-electron chi connectivity index (χ3n) is 5.24. The van der Waals surface area contributed by atoms with Gasteiger partial charge in [-0.3, -0.25) is 4.90 Å². The van der Waals surface area contributed by atoms with Crippen molar-refractivity contribution in [3.8, 4) is 11.5 Å². The van der Waals surface area contributed by atoms with Crippen LogP contribution in [0.3, 0.4) is 0 Å². The van der Waals surface area contributed by atoms with Gasteiger partial charge < -0.3 is 9.84 Å². The van der Waals surface area contributed by atoms with E-state index in [2.05, 4.69) is 37.3 Å². The molecule has 3 heteroatoms. The molecule has 2 unspecified atom stereocenters. The summed E-state index contributed by atoms with van der Waals surface area (Å²) in [5, 5.41) is 10.3. The van der Waals surface area contributed by atoms with Crippen molar-refractivity contribution in [2.75, 3.05) is 14.1 Å². The van der Waals surface area contributed by atoms with Gasteiger partial charge in [0.2, 0.25) is 0 Å². The molecule has 29 heavy (non-hydrogen) atoms. The van der Waals surface area contributed by atoms with E-state index in [-0.39, 0.29) is 17.9 Å². The van der Waals surface area contributed by atoms with E-state index in [0.29, 0.717) is 0 Å². The van der Waals surface area contributed by atoms with Gasteiger partial charge in [0.15, 0.2) is 0 Å². The fourth-order valence-electron chi connectivity index (χ4n) is 3.18. The third kappa shape index (κ3) is 5.27. The van der Waals surface area contributed by atoms with Gasteiger partial charge in [-0.25, -0.2) is 0 Å². The standard InChI is InChI=1S/C26H29NO2/c1-19(21-14-16-24(17-15-21)29-20(2)27(3)4)25(22-10-6-5-7-11-22)18-23-12-8-9-13-26(23)28/h5-20,28H,1-4H3/b25-18+. The summed E-state index contributed by atoms with van der Waals surface area (Å²) in [4.78, 5) is 2.03. The highest BCUT2D eigenvalue weighted by atomic mass is 16.5. The van der Waals surface area contributed by atoms with E-state index in [1.165, 1.54) is 5.56 Å². The largest absolute Gasteiger partial charge is 0.507 e. The average Bonchev–Trinajstić information content (AvgIpc) is 2.74. The number of hydrogen-bond acceptors (Lipinski definition) is 3. The number of aromatic hydroxyl groups is 1. The van der Waals surface area contributed by atoms with Gasteiger partial charge in [0.1, 0.15) is 17.7 Å². The maximum atomic E-state index is 10.3. The van der Waals surface area contributed by atoms with E-state index in [1.807, 2.05) is 74.4 Å². The monoisotopic (exact) mass is 387 g/mol. The fraction of sp³-hybridized carbons (Fsp3) is 0.231. The maximum absolute atomic E-state index is 10.3. The summed E-state index contributed by atoms with van der Waals surface area (Å²) >= 11 is 0. The Morgan fingerprint density at radius 2 is 1.48 bits per heavy atom. The molecule has 3 aromatic carbocycles. The quantitative estimate of drug-likeness (QED) is 0.397. The Kier molecular flexibility index (Phi) is 6.73. The molecule has 0 fully saturated rings. The van der Waals surface area contributed by atoms with Crippen LogP contribution >= 0.6 is 0 Å². The van der Waals surface area contributed by atoms with Crippen LogP contribution in [0.2, 0.25) is 0 Å². The zero-order valence-corrected chi connectivity index (χ0v) is 17.5. The second kappa shape index (κ2) is 9.44. The second-order valence-electron chi connectivity index (χ2n) is 7.50. The van der Waals surface area contributed by atoms with Crippen molar-refractivity contribution in [3.05, 3.63) is 95.6 Å². The molecule has 0 bridgehead atoms. The Labute approximate surface area is 173 Å². The Bertz CT molecular complexity index is 946. The molecular weight excluding hydrogens is 358 g/mol. The second-order valence-corrected chi connectivity index (χ2v) is 7.50. The first-order valence-corrected chi connectivity index (χ1v) is 9.93.